The Morgan fingerprint density at radius 1 is 1.38 bits per heavy atom. The zero-order chi connectivity index (χ0) is 11.1. The number of hydrogen-bond acceptors (Lipinski definition) is 1. The number of nitrogens with zero attached hydrogens (tertiary/aromatic N) is 1. The van der Waals surface area contributed by atoms with Gasteiger partial charge in [-0.05, 0) is 43.1 Å². The number of nitrogens with one attached hydrogen (secondary N) is 1. The fourth-order valence-electron chi connectivity index (χ4n) is 2.65. The molecule has 1 aliphatic rings. The van der Waals surface area contributed by atoms with Crippen LogP contribution in [0.3, 0.4) is 0 Å². The summed E-state index contributed by atoms with van der Waals surface area (Å²) in [6.07, 6.45) is 2.17. The summed E-state index contributed by atoms with van der Waals surface area (Å²) in [6.45, 7) is 1.94. The molecule has 1 aromatic carbocycles. The quantitative estimate of drug-likeness (QED) is 0.718. The molecule has 1 aliphatic heterocycles. The largest absolute Gasteiger partial charge is 0.346 e. The number of benzene rings is 1. The van der Waals surface area contributed by atoms with Crippen molar-refractivity contribution >= 4 is 10.9 Å². The van der Waals surface area contributed by atoms with Crippen molar-refractivity contribution in [3.05, 3.63) is 35.3 Å². The van der Waals surface area contributed by atoms with Gasteiger partial charge in [-0.2, -0.15) is 0 Å². The molecular weight excluding hydrogens is 203 g/mol. The second kappa shape index (κ2) is 3.59. The van der Waals surface area contributed by atoms with Gasteiger partial charge < -0.3 is 9.88 Å². The molecule has 0 aliphatic carbocycles. The van der Waals surface area contributed by atoms with Gasteiger partial charge in [0, 0.05) is 30.2 Å². The first-order valence-corrected chi connectivity index (χ1v) is 5.74. The summed E-state index contributed by atoms with van der Waals surface area (Å²) in [5.41, 5.74) is 3.76. The standard InChI is InChI=1S/C13H15FN2/c1-16-12-5-4-9(14)7-11(12)10-3-2-6-15-8-13(10)16/h4-5,7,15H,2-3,6,8H2,1H3. The van der Waals surface area contributed by atoms with Crippen molar-refractivity contribution in [2.75, 3.05) is 6.54 Å². The summed E-state index contributed by atoms with van der Waals surface area (Å²) in [5, 5.41) is 4.49. The normalized spacial score (nSPS) is 16.1. The van der Waals surface area contributed by atoms with E-state index >= 15 is 0 Å². The molecular formula is C13H15FN2. The SMILES string of the molecule is Cn1c2c(c3cc(F)ccc31)CCCNC2. The molecule has 0 unspecified atom stereocenters. The summed E-state index contributed by atoms with van der Waals surface area (Å²) < 4.78 is 15.5. The predicted octanol–water partition coefficient (Wildman–Crippen LogP) is 2.35. The summed E-state index contributed by atoms with van der Waals surface area (Å²) in [4.78, 5) is 0. The molecule has 1 aromatic heterocycles. The summed E-state index contributed by atoms with van der Waals surface area (Å²) in [7, 11) is 2.06. The lowest BCUT2D eigenvalue weighted by Crippen LogP contribution is -2.14. The van der Waals surface area contributed by atoms with Gasteiger partial charge in [0.1, 0.15) is 5.82 Å². The van der Waals surface area contributed by atoms with Gasteiger partial charge in [-0.3, -0.25) is 0 Å². The summed E-state index contributed by atoms with van der Waals surface area (Å²) >= 11 is 0. The van der Waals surface area contributed by atoms with E-state index in [1.165, 1.54) is 17.3 Å². The smallest absolute Gasteiger partial charge is 0.123 e. The molecule has 0 spiro atoms. The molecule has 0 amide bonds. The minimum Gasteiger partial charge on any atom is -0.346 e. The van der Waals surface area contributed by atoms with E-state index in [1.54, 1.807) is 6.07 Å². The number of hydrogen-bond donors (Lipinski definition) is 1. The topological polar surface area (TPSA) is 17.0 Å². The van der Waals surface area contributed by atoms with Crippen LogP contribution < -0.4 is 5.32 Å². The first-order chi connectivity index (χ1) is 7.77. The van der Waals surface area contributed by atoms with Crippen molar-refractivity contribution in [1.29, 1.82) is 0 Å². The Labute approximate surface area is 94.1 Å². The molecule has 84 valence electrons. The number of rotatable bonds is 0. The Balaban J connectivity index is 2.32. The van der Waals surface area contributed by atoms with Gasteiger partial charge in [0.05, 0.1) is 0 Å². The summed E-state index contributed by atoms with van der Waals surface area (Å²) in [5.74, 6) is -0.141. The van der Waals surface area contributed by atoms with Crippen molar-refractivity contribution in [1.82, 2.24) is 9.88 Å². The zero-order valence-corrected chi connectivity index (χ0v) is 9.39. The maximum atomic E-state index is 13.3. The monoisotopic (exact) mass is 218 g/mol. The molecule has 0 saturated carbocycles. The van der Waals surface area contributed by atoms with Crippen LogP contribution in [0.5, 0.6) is 0 Å². The average molecular weight is 218 g/mol. The van der Waals surface area contributed by atoms with Crippen molar-refractivity contribution in [2.45, 2.75) is 19.4 Å². The molecule has 3 rings (SSSR count). The minimum atomic E-state index is -0.141. The first-order valence-electron chi connectivity index (χ1n) is 5.74. The molecule has 0 atom stereocenters. The minimum absolute atomic E-state index is 0.141. The highest BCUT2D eigenvalue weighted by Crippen LogP contribution is 2.28. The van der Waals surface area contributed by atoms with Gasteiger partial charge >= 0.3 is 0 Å². The highest BCUT2D eigenvalue weighted by molar-refractivity contribution is 5.85. The molecule has 0 saturated heterocycles. The number of halogens is 1. The van der Waals surface area contributed by atoms with Crippen molar-refractivity contribution < 1.29 is 4.39 Å². The Bertz CT molecular complexity index is 542. The molecule has 2 heterocycles. The van der Waals surface area contributed by atoms with Gasteiger partial charge in [0.15, 0.2) is 0 Å². The van der Waals surface area contributed by atoms with Gasteiger partial charge in [-0.1, -0.05) is 0 Å². The van der Waals surface area contributed by atoms with Crippen LogP contribution in [0.4, 0.5) is 4.39 Å². The average Bonchev–Trinajstić information content (AvgIpc) is 2.47. The lowest BCUT2D eigenvalue weighted by atomic mass is 10.1. The molecule has 1 N–H and O–H groups in total. The fraction of sp³-hybridized carbons (Fsp3) is 0.385. The van der Waals surface area contributed by atoms with Crippen molar-refractivity contribution in [3.8, 4) is 0 Å². The van der Waals surface area contributed by atoms with Crippen LogP contribution >= 0.6 is 0 Å². The second-order valence-electron chi connectivity index (χ2n) is 4.43. The molecule has 16 heavy (non-hydrogen) atoms. The van der Waals surface area contributed by atoms with E-state index in [9.17, 15) is 4.39 Å². The Kier molecular flexibility index (Phi) is 2.21. The number of fused-ring (bicyclic) bond motifs is 3. The van der Waals surface area contributed by atoms with Crippen LogP contribution in [0.25, 0.3) is 10.9 Å². The third-order valence-corrected chi connectivity index (χ3v) is 3.47. The Morgan fingerprint density at radius 3 is 3.12 bits per heavy atom. The maximum Gasteiger partial charge on any atom is 0.123 e. The molecule has 3 heteroatoms. The Morgan fingerprint density at radius 2 is 2.25 bits per heavy atom. The van der Waals surface area contributed by atoms with Crippen LogP contribution in [0.2, 0.25) is 0 Å². The first kappa shape index (κ1) is 9.85. The number of aromatic nitrogens is 1. The van der Waals surface area contributed by atoms with E-state index in [-0.39, 0.29) is 5.82 Å². The van der Waals surface area contributed by atoms with E-state index in [2.05, 4.69) is 16.9 Å². The van der Waals surface area contributed by atoms with Gasteiger partial charge in [0.2, 0.25) is 0 Å². The summed E-state index contributed by atoms with van der Waals surface area (Å²) in [6, 6.07) is 5.08. The molecule has 0 radical (unpaired) electrons. The third kappa shape index (κ3) is 1.35. The van der Waals surface area contributed by atoms with Gasteiger partial charge in [-0.25, -0.2) is 4.39 Å². The lowest BCUT2D eigenvalue weighted by molar-refractivity contribution is 0.629. The molecule has 0 bridgehead atoms. The molecule has 2 nitrogen and oxygen atoms in total. The van der Waals surface area contributed by atoms with Crippen LogP contribution in [0.15, 0.2) is 18.2 Å². The van der Waals surface area contributed by atoms with Crippen LogP contribution in [0.1, 0.15) is 17.7 Å². The van der Waals surface area contributed by atoms with E-state index in [0.29, 0.717) is 0 Å². The van der Waals surface area contributed by atoms with Crippen molar-refractivity contribution in [3.63, 3.8) is 0 Å². The Hall–Kier alpha value is -1.35. The molecule has 2 aromatic rings. The second-order valence-corrected chi connectivity index (χ2v) is 4.43. The van der Waals surface area contributed by atoms with E-state index in [4.69, 9.17) is 0 Å². The fourth-order valence-corrected chi connectivity index (χ4v) is 2.65. The van der Waals surface area contributed by atoms with E-state index in [1.807, 2.05) is 6.07 Å². The van der Waals surface area contributed by atoms with Gasteiger partial charge in [0.25, 0.3) is 0 Å². The van der Waals surface area contributed by atoms with Crippen LogP contribution in [0, 0.1) is 5.82 Å². The predicted molar refractivity (Wildman–Crippen MR) is 62.9 cm³/mol. The maximum absolute atomic E-state index is 13.3. The van der Waals surface area contributed by atoms with E-state index < -0.39 is 0 Å². The molecule has 0 fully saturated rings. The van der Waals surface area contributed by atoms with Crippen LogP contribution in [-0.2, 0) is 20.0 Å². The lowest BCUT2D eigenvalue weighted by Gasteiger charge is -2.04. The highest BCUT2D eigenvalue weighted by atomic mass is 19.1. The zero-order valence-electron chi connectivity index (χ0n) is 9.39. The van der Waals surface area contributed by atoms with E-state index in [0.717, 1.165) is 36.8 Å². The van der Waals surface area contributed by atoms with Crippen LogP contribution in [-0.4, -0.2) is 11.1 Å². The number of aryl methyl sites for hydroxylation is 2. The van der Waals surface area contributed by atoms with Gasteiger partial charge in [-0.15, -0.1) is 0 Å². The highest BCUT2D eigenvalue weighted by Gasteiger charge is 2.16. The third-order valence-electron chi connectivity index (χ3n) is 3.47. The van der Waals surface area contributed by atoms with Crippen molar-refractivity contribution in [2.24, 2.45) is 7.05 Å².